The molecule has 2 saturated heterocycles. The van der Waals surface area contributed by atoms with Crippen LogP contribution < -0.4 is 5.32 Å². The van der Waals surface area contributed by atoms with Crippen LogP contribution in [0.2, 0.25) is 0 Å². The van der Waals surface area contributed by atoms with E-state index in [1.165, 1.54) is 12.2 Å². The third kappa shape index (κ3) is 2.66. The van der Waals surface area contributed by atoms with Crippen LogP contribution >= 0.6 is 11.8 Å². The smallest absolute Gasteiger partial charge is 0.246 e. The van der Waals surface area contributed by atoms with Crippen molar-refractivity contribution < 1.29 is 9.59 Å². The Morgan fingerprint density at radius 3 is 2.72 bits per heavy atom. The highest BCUT2D eigenvalue weighted by Gasteiger charge is 2.40. The van der Waals surface area contributed by atoms with Crippen LogP contribution in [0.4, 0.5) is 0 Å². The second-order valence-electron chi connectivity index (χ2n) is 5.53. The Morgan fingerprint density at radius 1 is 1.44 bits per heavy atom. The lowest BCUT2D eigenvalue weighted by Crippen LogP contribution is -2.64. The van der Waals surface area contributed by atoms with Crippen molar-refractivity contribution in [3.05, 3.63) is 0 Å². The van der Waals surface area contributed by atoms with Gasteiger partial charge in [0.1, 0.15) is 12.1 Å². The number of rotatable bonds is 3. The predicted molar refractivity (Wildman–Crippen MR) is 73.4 cm³/mol. The van der Waals surface area contributed by atoms with Crippen molar-refractivity contribution in [3.63, 3.8) is 0 Å². The fraction of sp³-hybridized carbons (Fsp3) is 0.846. The molecule has 0 aliphatic carbocycles. The number of thioether (sulfide) groups is 1. The van der Waals surface area contributed by atoms with Crippen molar-refractivity contribution in [2.24, 2.45) is 5.92 Å². The first kappa shape index (κ1) is 13.7. The van der Waals surface area contributed by atoms with Gasteiger partial charge in [-0.25, -0.2) is 0 Å². The lowest BCUT2D eigenvalue weighted by atomic mass is 9.98. The molecule has 0 spiro atoms. The maximum absolute atomic E-state index is 12.4. The number of nitrogens with one attached hydrogen (secondary N) is 1. The van der Waals surface area contributed by atoms with Gasteiger partial charge >= 0.3 is 0 Å². The molecule has 5 heteroatoms. The minimum absolute atomic E-state index is 0.0173. The van der Waals surface area contributed by atoms with Gasteiger partial charge in [0.15, 0.2) is 0 Å². The van der Waals surface area contributed by atoms with Crippen LogP contribution in [0.3, 0.4) is 0 Å². The number of amides is 2. The minimum Gasteiger partial charge on any atom is -0.342 e. The van der Waals surface area contributed by atoms with E-state index in [-0.39, 0.29) is 29.8 Å². The third-order valence-electron chi connectivity index (χ3n) is 3.78. The molecule has 2 fully saturated rings. The quantitative estimate of drug-likeness (QED) is 0.840. The second kappa shape index (κ2) is 5.51. The van der Waals surface area contributed by atoms with Crippen LogP contribution in [0.15, 0.2) is 0 Å². The largest absolute Gasteiger partial charge is 0.342 e. The first-order valence-corrected chi connectivity index (χ1v) is 7.78. The average Bonchev–Trinajstić information content (AvgIpc) is 2.81. The Balaban J connectivity index is 2.08. The molecule has 2 amide bonds. The molecular formula is C13H22N2O2S. The first-order valence-electron chi connectivity index (χ1n) is 6.73. The van der Waals surface area contributed by atoms with E-state index in [1.807, 2.05) is 32.5 Å². The predicted octanol–water partition coefficient (Wildman–Crippen LogP) is 1.25. The van der Waals surface area contributed by atoms with Crippen molar-refractivity contribution in [1.29, 1.82) is 0 Å². The molecule has 0 bridgehead atoms. The summed E-state index contributed by atoms with van der Waals surface area (Å²) < 4.78 is 0. The van der Waals surface area contributed by atoms with E-state index in [0.29, 0.717) is 5.25 Å². The van der Waals surface area contributed by atoms with Crippen LogP contribution in [0, 0.1) is 5.92 Å². The van der Waals surface area contributed by atoms with Gasteiger partial charge in [0, 0.05) is 11.8 Å². The topological polar surface area (TPSA) is 49.4 Å². The Bertz CT molecular complexity index is 340. The number of carbonyl (C=O) groups excluding carboxylic acids is 2. The maximum atomic E-state index is 12.4. The van der Waals surface area contributed by atoms with E-state index in [9.17, 15) is 9.59 Å². The van der Waals surface area contributed by atoms with Gasteiger partial charge < -0.3 is 10.2 Å². The van der Waals surface area contributed by atoms with Crippen LogP contribution in [-0.4, -0.2) is 46.3 Å². The number of piperazine rings is 1. The van der Waals surface area contributed by atoms with Crippen LogP contribution in [0.1, 0.15) is 33.6 Å². The highest BCUT2D eigenvalue weighted by molar-refractivity contribution is 8.00. The van der Waals surface area contributed by atoms with Crippen molar-refractivity contribution >= 4 is 23.6 Å². The van der Waals surface area contributed by atoms with Gasteiger partial charge in [-0.3, -0.25) is 9.59 Å². The number of nitrogens with zero attached hydrogens (tertiary/aromatic N) is 1. The summed E-state index contributed by atoms with van der Waals surface area (Å²) in [6.07, 6.45) is 2.39. The highest BCUT2D eigenvalue weighted by atomic mass is 32.2. The summed E-state index contributed by atoms with van der Waals surface area (Å²) in [6.45, 7) is 6.49. The Morgan fingerprint density at radius 2 is 2.17 bits per heavy atom. The SMILES string of the molecule is CC(C)C1NC(=O)C(C)N(CC2CCCS2)C1=O. The standard InChI is InChI=1S/C13H22N2O2S/c1-8(2)11-13(17)15(9(3)12(16)14-11)7-10-5-4-6-18-10/h8-11H,4-7H2,1-3H3,(H,14,16). The Hall–Kier alpha value is -0.710. The van der Waals surface area contributed by atoms with Gasteiger partial charge in [0.2, 0.25) is 11.8 Å². The van der Waals surface area contributed by atoms with Gasteiger partial charge in [-0.1, -0.05) is 13.8 Å². The van der Waals surface area contributed by atoms with Gasteiger partial charge in [-0.15, -0.1) is 0 Å². The molecule has 2 aliphatic heterocycles. The minimum atomic E-state index is -0.347. The van der Waals surface area contributed by atoms with Gasteiger partial charge in [0.05, 0.1) is 0 Å². The van der Waals surface area contributed by atoms with Crippen molar-refractivity contribution in [3.8, 4) is 0 Å². The van der Waals surface area contributed by atoms with E-state index in [0.717, 1.165) is 13.0 Å². The Kier molecular flexibility index (Phi) is 4.20. The summed E-state index contributed by atoms with van der Waals surface area (Å²) in [5, 5.41) is 3.34. The number of hydrogen-bond donors (Lipinski definition) is 1. The fourth-order valence-electron chi connectivity index (χ4n) is 2.55. The summed E-state index contributed by atoms with van der Waals surface area (Å²) in [4.78, 5) is 26.1. The molecule has 102 valence electrons. The van der Waals surface area contributed by atoms with Gasteiger partial charge in [0.25, 0.3) is 0 Å². The second-order valence-corrected chi connectivity index (χ2v) is 6.94. The Labute approximate surface area is 113 Å². The molecule has 18 heavy (non-hydrogen) atoms. The van der Waals surface area contributed by atoms with E-state index < -0.39 is 0 Å². The average molecular weight is 270 g/mol. The normalized spacial score (nSPS) is 33.1. The van der Waals surface area contributed by atoms with Crippen LogP contribution in [-0.2, 0) is 9.59 Å². The zero-order chi connectivity index (χ0) is 13.3. The van der Waals surface area contributed by atoms with E-state index in [4.69, 9.17) is 0 Å². The molecule has 0 aromatic heterocycles. The fourth-order valence-corrected chi connectivity index (χ4v) is 3.82. The molecule has 4 nitrogen and oxygen atoms in total. The molecule has 3 atom stereocenters. The molecule has 2 rings (SSSR count). The lowest BCUT2D eigenvalue weighted by Gasteiger charge is -2.39. The molecule has 0 saturated carbocycles. The summed E-state index contributed by atoms with van der Waals surface area (Å²) in [5.74, 6) is 1.40. The molecule has 0 aromatic carbocycles. The first-order chi connectivity index (χ1) is 8.50. The number of hydrogen-bond acceptors (Lipinski definition) is 3. The zero-order valence-corrected chi connectivity index (χ0v) is 12.1. The summed E-state index contributed by atoms with van der Waals surface area (Å²) in [6, 6.07) is -0.672. The molecule has 0 radical (unpaired) electrons. The lowest BCUT2D eigenvalue weighted by molar-refractivity contribution is -0.149. The molecule has 2 heterocycles. The number of carbonyl (C=O) groups is 2. The van der Waals surface area contributed by atoms with Crippen LogP contribution in [0.25, 0.3) is 0 Å². The zero-order valence-electron chi connectivity index (χ0n) is 11.3. The molecule has 3 unspecified atom stereocenters. The van der Waals surface area contributed by atoms with Gasteiger partial charge in [-0.2, -0.15) is 11.8 Å². The van der Waals surface area contributed by atoms with E-state index in [2.05, 4.69) is 5.32 Å². The monoisotopic (exact) mass is 270 g/mol. The summed E-state index contributed by atoms with van der Waals surface area (Å²) in [5.41, 5.74) is 0. The highest BCUT2D eigenvalue weighted by Crippen LogP contribution is 2.28. The molecule has 1 N–H and O–H groups in total. The summed E-state index contributed by atoms with van der Waals surface area (Å²) in [7, 11) is 0. The molecule has 2 aliphatic rings. The van der Waals surface area contributed by atoms with E-state index >= 15 is 0 Å². The third-order valence-corrected chi connectivity index (χ3v) is 5.17. The molecular weight excluding hydrogens is 248 g/mol. The van der Waals surface area contributed by atoms with Crippen LogP contribution in [0.5, 0.6) is 0 Å². The van der Waals surface area contributed by atoms with Gasteiger partial charge in [-0.05, 0) is 31.4 Å². The van der Waals surface area contributed by atoms with Crippen molar-refractivity contribution in [2.45, 2.75) is 50.9 Å². The molecule has 0 aromatic rings. The maximum Gasteiger partial charge on any atom is 0.246 e. The van der Waals surface area contributed by atoms with Crippen molar-refractivity contribution in [1.82, 2.24) is 10.2 Å². The summed E-state index contributed by atoms with van der Waals surface area (Å²) >= 11 is 1.93. The van der Waals surface area contributed by atoms with Crippen molar-refractivity contribution in [2.75, 3.05) is 12.3 Å². The van der Waals surface area contributed by atoms with E-state index in [1.54, 1.807) is 4.90 Å².